The number of urea groups is 1. The molecule has 4 rings (SSSR count). The summed E-state index contributed by atoms with van der Waals surface area (Å²) in [6, 6.07) is 12.7. The van der Waals surface area contributed by atoms with Gasteiger partial charge in [-0.2, -0.15) is 0 Å². The third-order valence-corrected chi connectivity index (χ3v) is 6.58. The van der Waals surface area contributed by atoms with Crippen molar-refractivity contribution in [1.29, 1.82) is 0 Å². The molecule has 0 spiro atoms. The summed E-state index contributed by atoms with van der Waals surface area (Å²) in [6.07, 6.45) is 6.22. The van der Waals surface area contributed by atoms with Gasteiger partial charge in [-0.3, -0.25) is 4.79 Å². The van der Waals surface area contributed by atoms with Gasteiger partial charge in [0.1, 0.15) is 12.4 Å². The number of nitrogens with zero attached hydrogens (tertiary/aromatic N) is 1. The van der Waals surface area contributed by atoms with Crippen molar-refractivity contribution >= 4 is 22.8 Å². The number of hydrogen-bond donors (Lipinski definition) is 3. The molecule has 0 radical (unpaired) electrons. The Bertz CT molecular complexity index is 1160. The highest BCUT2D eigenvalue weighted by Crippen LogP contribution is 2.22. The van der Waals surface area contributed by atoms with Crippen molar-refractivity contribution in [1.82, 2.24) is 15.2 Å². The van der Waals surface area contributed by atoms with Gasteiger partial charge in [0.15, 0.2) is 0 Å². The van der Waals surface area contributed by atoms with Crippen LogP contribution in [0.3, 0.4) is 0 Å². The van der Waals surface area contributed by atoms with Gasteiger partial charge in [0.2, 0.25) is 5.91 Å². The second kappa shape index (κ2) is 11.8. The largest absolute Gasteiger partial charge is 0.367 e. The molecule has 1 aliphatic heterocycles. The Labute approximate surface area is 204 Å². The van der Waals surface area contributed by atoms with Gasteiger partial charge < -0.3 is 25.7 Å². The molecule has 0 aliphatic carbocycles. The predicted octanol–water partition coefficient (Wildman–Crippen LogP) is 3.91. The minimum Gasteiger partial charge on any atom is -0.367 e. The number of fused-ring (bicyclic) bond motifs is 1. The Balaban J connectivity index is 1.13. The smallest absolute Gasteiger partial charge is 0.314 e. The molecular formula is C27H33FN4O3. The van der Waals surface area contributed by atoms with Crippen molar-refractivity contribution in [2.24, 2.45) is 11.7 Å². The zero-order chi connectivity index (χ0) is 24.6. The van der Waals surface area contributed by atoms with Crippen molar-refractivity contribution in [3.8, 4) is 0 Å². The summed E-state index contributed by atoms with van der Waals surface area (Å²) >= 11 is 0. The average molecular weight is 481 g/mol. The van der Waals surface area contributed by atoms with Crippen molar-refractivity contribution in [3.05, 3.63) is 71.2 Å². The summed E-state index contributed by atoms with van der Waals surface area (Å²) in [5, 5.41) is 4.03. The van der Waals surface area contributed by atoms with Crippen molar-refractivity contribution in [2.45, 2.75) is 38.7 Å². The number of nitrogens with two attached hydrogens (primary N) is 1. The molecule has 1 aromatic heterocycles. The monoisotopic (exact) mass is 480 g/mol. The Morgan fingerprint density at radius 3 is 2.74 bits per heavy atom. The van der Waals surface area contributed by atoms with Crippen molar-refractivity contribution in [3.63, 3.8) is 0 Å². The van der Waals surface area contributed by atoms with Gasteiger partial charge in [0.05, 0.1) is 6.61 Å². The van der Waals surface area contributed by atoms with Crippen molar-refractivity contribution in [2.75, 3.05) is 26.2 Å². The topological polar surface area (TPSA) is 100 Å². The number of aromatic nitrogens is 1. The summed E-state index contributed by atoms with van der Waals surface area (Å²) < 4.78 is 19.9. The molecule has 35 heavy (non-hydrogen) atoms. The van der Waals surface area contributed by atoms with Crippen LogP contribution in [0, 0.1) is 11.7 Å². The lowest BCUT2D eigenvalue weighted by molar-refractivity contribution is -0.126. The van der Waals surface area contributed by atoms with Gasteiger partial charge in [-0.25, -0.2) is 9.18 Å². The van der Waals surface area contributed by atoms with Crippen LogP contribution in [0.25, 0.3) is 10.9 Å². The Morgan fingerprint density at radius 1 is 1.11 bits per heavy atom. The molecule has 7 nitrogen and oxygen atoms in total. The molecule has 2 heterocycles. The molecule has 1 saturated heterocycles. The highest BCUT2D eigenvalue weighted by Gasteiger charge is 2.28. The average Bonchev–Trinajstić information content (AvgIpc) is 3.23. The first kappa shape index (κ1) is 24.7. The van der Waals surface area contributed by atoms with E-state index in [0.717, 1.165) is 55.2 Å². The van der Waals surface area contributed by atoms with Gasteiger partial charge in [-0.15, -0.1) is 0 Å². The van der Waals surface area contributed by atoms with E-state index in [1.54, 1.807) is 11.0 Å². The van der Waals surface area contributed by atoms with Crippen LogP contribution >= 0.6 is 0 Å². The minimum absolute atomic E-state index is 0.0295. The molecular weight excluding hydrogens is 447 g/mol. The summed E-state index contributed by atoms with van der Waals surface area (Å²) in [7, 11) is 0. The van der Waals surface area contributed by atoms with Crippen LogP contribution in [0.4, 0.5) is 9.18 Å². The minimum atomic E-state index is -0.351. The Morgan fingerprint density at radius 2 is 1.91 bits per heavy atom. The third-order valence-electron chi connectivity index (χ3n) is 6.58. The summed E-state index contributed by atoms with van der Waals surface area (Å²) in [5.41, 5.74) is 8.96. The number of primary amides is 1. The van der Waals surface area contributed by atoms with Gasteiger partial charge in [0, 0.05) is 36.7 Å². The first-order chi connectivity index (χ1) is 17.0. The maximum Gasteiger partial charge on any atom is 0.314 e. The number of carbonyl (C=O) groups is 2. The highest BCUT2D eigenvalue weighted by molar-refractivity contribution is 5.83. The maximum absolute atomic E-state index is 14.4. The number of carbonyl (C=O) groups excluding carboxylic acids is 2. The Kier molecular flexibility index (Phi) is 8.36. The van der Waals surface area contributed by atoms with Crippen LogP contribution in [-0.2, 0) is 29.0 Å². The molecule has 0 saturated carbocycles. The van der Waals surface area contributed by atoms with E-state index in [1.165, 1.54) is 11.6 Å². The van der Waals surface area contributed by atoms with Gasteiger partial charge in [-0.1, -0.05) is 36.8 Å². The number of halogens is 1. The summed E-state index contributed by atoms with van der Waals surface area (Å²) in [5.74, 6) is 0.135. The zero-order valence-corrected chi connectivity index (χ0v) is 19.9. The number of aromatic amines is 1. The SMILES string of the molecule is NC(=O)N1CC(CCCCNC(=O)COCc2ccc(F)c(CCc3c[nH]c4ccccc34)c2)C1. The van der Waals surface area contributed by atoms with E-state index in [9.17, 15) is 14.0 Å². The number of likely N-dealkylation sites (tertiary alicyclic amines) is 1. The van der Waals surface area contributed by atoms with Crippen LogP contribution in [0.15, 0.2) is 48.7 Å². The van der Waals surface area contributed by atoms with Crippen LogP contribution in [0.1, 0.15) is 36.0 Å². The van der Waals surface area contributed by atoms with Crippen LogP contribution < -0.4 is 11.1 Å². The second-order valence-corrected chi connectivity index (χ2v) is 9.23. The second-order valence-electron chi connectivity index (χ2n) is 9.23. The molecule has 1 aliphatic rings. The molecule has 0 atom stereocenters. The summed E-state index contributed by atoms with van der Waals surface area (Å²) in [6.45, 7) is 2.31. The number of rotatable bonds is 12. The molecule has 3 aromatic rings. The molecule has 0 unspecified atom stereocenters. The number of ether oxygens (including phenoxy) is 1. The zero-order valence-electron chi connectivity index (χ0n) is 19.9. The number of nitrogens with one attached hydrogen (secondary N) is 2. The molecule has 1 fully saturated rings. The molecule has 0 bridgehead atoms. The summed E-state index contributed by atoms with van der Waals surface area (Å²) in [4.78, 5) is 27.9. The van der Waals surface area contributed by atoms with Crippen LogP contribution in [-0.4, -0.2) is 48.1 Å². The molecule has 4 N–H and O–H groups in total. The van der Waals surface area contributed by atoms with Crippen LogP contribution in [0.2, 0.25) is 0 Å². The first-order valence-electron chi connectivity index (χ1n) is 12.2. The van der Waals surface area contributed by atoms with Gasteiger partial charge in [-0.05, 0) is 60.4 Å². The molecule has 3 amide bonds. The first-order valence-corrected chi connectivity index (χ1v) is 12.2. The number of amides is 3. The quantitative estimate of drug-likeness (QED) is 0.343. The van der Waals surface area contributed by atoms with E-state index >= 15 is 0 Å². The number of benzene rings is 2. The fourth-order valence-corrected chi connectivity index (χ4v) is 4.55. The fourth-order valence-electron chi connectivity index (χ4n) is 4.55. The number of aryl methyl sites for hydroxylation is 2. The lowest BCUT2D eigenvalue weighted by Gasteiger charge is -2.38. The third kappa shape index (κ3) is 6.82. The number of para-hydroxylation sites is 1. The van der Waals surface area contributed by atoms with E-state index < -0.39 is 0 Å². The lowest BCUT2D eigenvalue weighted by Crippen LogP contribution is -2.52. The van der Waals surface area contributed by atoms with E-state index in [1.807, 2.05) is 30.5 Å². The molecule has 8 heteroatoms. The highest BCUT2D eigenvalue weighted by atomic mass is 19.1. The maximum atomic E-state index is 14.4. The van der Waals surface area contributed by atoms with Gasteiger partial charge >= 0.3 is 6.03 Å². The fraction of sp³-hybridized carbons (Fsp3) is 0.407. The lowest BCUT2D eigenvalue weighted by atomic mass is 9.94. The Hall–Kier alpha value is -3.39. The predicted molar refractivity (Wildman–Crippen MR) is 133 cm³/mol. The standard InChI is InChI=1S/C27H33FN4O3/c28-24-11-8-19(13-21(24)9-10-22-14-31-25-7-2-1-6-23(22)25)17-35-18-26(33)30-12-4-3-5-20-15-32(16-20)27(29)34/h1-2,6-8,11,13-14,20,31H,3-5,9-10,12,15-18H2,(H2,29,34)(H,30,33). The van der Waals surface area contributed by atoms with Crippen molar-refractivity contribution < 1.29 is 18.7 Å². The normalized spacial score (nSPS) is 13.7. The number of unbranched alkanes of at least 4 members (excludes halogenated alkanes) is 1. The van der Waals surface area contributed by atoms with E-state index in [0.29, 0.717) is 24.4 Å². The van der Waals surface area contributed by atoms with E-state index in [2.05, 4.69) is 16.4 Å². The number of hydrogen-bond acceptors (Lipinski definition) is 3. The van der Waals surface area contributed by atoms with Gasteiger partial charge in [0.25, 0.3) is 0 Å². The molecule has 2 aromatic carbocycles. The van der Waals surface area contributed by atoms with E-state index in [-0.39, 0.29) is 31.0 Å². The molecule has 186 valence electrons. The van der Waals surface area contributed by atoms with E-state index in [4.69, 9.17) is 10.5 Å². The number of H-pyrrole nitrogens is 1. The van der Waals surface area contributed by atoms with Crippen LogP contribution in [0.5, 0.6) is 0 Å².